The van der Waals surface area contributed by atoms with E-state index in [1.807, 2.05) is 6.07 Å². The summed E-state index contributed by atoms with van der Waals surface area (Å²) in [5.41, 5.74) is 6.34. The highest BCUT2D eigenvalue weighted by atomic mass is 79.9. The quantitative estimate of drug-likeness (QED) is 0.601. The number of nitrogens with two attached hydrogens (primary N) is 1. The predicted molar refractivity (Wildman–Crippen MR) is 120 cm³/mol. The second kappa shape index (κ2) is 9.75. The zero-order valence-corrected chi connectivity index (χ0v) is 19.5. The van der Waals surface area contributed by atoms with Crippen LogP contribution >= 0.6 is 15.9 Å². The zero-order chi connectivity index (χ0) is 24.3. The minimum Gasteiger partial charge on any atom is -0.495 e. The largest absolute Gasteiger partial charge is 0.495 e. The van der Waals surface area contributed by atoms with Crippen molar-refractivity contribution in [1.29, 1.82) is 5.26 Å². The number of halogens is 2. The van der Waals surface area contributed by atoms with Crippen LogP contribution in [-0.2, 0) is 19.1 Å². The van der Waals surface area contributed by atoms with Crippen LogP contribution in [0.4, 0.5) is 10.1 Å². The molecule has 10 heteroatoms. The van der Waals surface area contributed by atoms with Crippen molar-refractivity contribution in [2.75, 3.05) is 26.2 Å². The summed E-state index contributed by atoms with van der Waals surface area (Å²) in [4.78, 5) is 27.1. The Labute approximate surface area is 197 Å². The Balaban J connectivity index is 2.47. The summed E-state index contributed by atoms with van der Waals surface area (Å²) < 4.78 is 29.9. The van der Waals surface area contributed by atoms with Gasteiger partial charge in [0.1, 0.15) is 23.1 Å². The van der Waals surface area contributed by atoms with E-state index in [-0.39, 0.29) is 38.6 Å². The zero-order valence-electron chi connectivity index (χ0n) is 17.9. The molecular formula is C23H19BrFN3O5. The summed E-state index contributed by atoms with van der Waals surface area (Å²) in [6, 6.07) is 13.0. The number of anilines is 1. The first-order chi connectivity index (χ1) is 15.8. The normalized spacial score (nSPS) is 15.8. The molecule has 0 bridgehead atoms. The molecule has 0 amide bonds. The minimum absolute atomic E-state index is 0.0169. The minimum atomic E-state index is -1.03. The summed E-state index contributed by atoms with van der Waals surface area (Å²) in [5, 5.41) is 10.0. The third-order valence-corrected chi connectivity index (χ3v) is 5.68. The Hall–Kier alpha value is -3.84. The molecule has 0 radical (unpaired) electrons. The van der Waals surface area contributed by atoms with E-state index in [0.717, 1.165) is 25.2 Å². The molecule has 2 N–H and O–H groups in total. The van der Waals surface area contributed by atoms with Gasteiger partial charge < -0.3 is 19.9 Å². The van der Waals surface area contributed by atoms with E-state index in [9.17, 15) is 19.2 Å². The molecule has 0 saturated carbocycles. The maximum atomic E-state index is 14.6. The van der Waals surface area contributed by atoms with Crippen molar-refractivity contribution in [3.8, 4) is 11.8 Å². The Morgan fingerprint density at radius 3 is 2.30 bits per heavy atom. The van der Waals surface area contributed by atoms with Crippen LogP contribution in [0.15, 0.2) is 69.6 Å². The third-order valence-electron chi connectivity index (χ3n) is 5.07. The number of nitriles is 1. The second-order valence-electron chi connectivity index (χ2n) is 6.77. The number of methoxy groups -OCH3 is 3. The van der Waals surface area contributed by atoms with Gasteiger partial charge in [0, 0.05) is 6.07 Å². The summed E-state index contributed by atoms with van der Waals surface area (Å²) in [5.74, 6) is -3.62. The Bertz CT molecular complexity index is 1220. The first kappa shape index (κ1) is 23.8. The average Bonchev–Trinajstić information content (AvgIpc) is 2.84. The number of esters is 2. The first-order valence-electron chi connectivity index (χ1n) is 9.49. The van der Waals surface area contributed by atoms with E-state index < -0.39 is 23.7 Å². The second-order valence-corrected chi connectivity index (χ2v) is 7.63. The number of hydrogen-bond donors (Lipinski definition) is 1. The fourth-order valence-electron chi connectivity index (χ4n) is 3.62. The molecule has 1 aliphatic heterocycles. The third kappa shape index (κ3) is 4.15. The molecule has 1 aliphatic rings. The first-order valence-corrected chi connectivity index (χ1v) is 10.3. The van der Waals surface area contributed by atoms with Crippen LogP contribution < -0.4 is 15.4 Å². The van der Waals surface area contributed by atoms with Gasteiger partial charge in [-0.1, -0.05) is 30.3 Å². The van der Waals surface area contributed by atoms with Gasteiger partial charge in [0.05, 0.1) is 54.6 Å². The standard InChI is InChI=1S/C23H19BrFN3O5/c1-31-17-9-14(24)15(25)10-16(17)28-20(23(30)33-3)19(22(29)32-2)18(13(11-26)21(28)27)12-7-5-4-6-8-12/h4-10,18H,27H2,1-3H3. The van der Waals surface area contributed by atoms with Gasteiger partial charge in [-0.15, -0.1) is 0 Å². The average molecular weight is 516 g/mol. The molecule has 1 unspecified atom stereocenters. The number of carbonyl (C=O) groups excluding carboxylic acids is 2. The fourth-order valence-corrected chi connectivity index (χ4v) is 3.94. The summed E-state index contributed by atoms with van der Waals surface area (Å²) in [6.45, 7) is 0. The highest BCUT2D eigenvalue weighted by Gasteiger charge is 2.43. The van der Waals surface area contributed by atoms with Gasteiger partial charge in [-0.05, 0) is 27.6 Å². The summed E-state index contributed by atoms with van der Waals surface area (Å²) in [6.07, 6.45) is 0. The van der Waals surface area contributed by atoms with E-state index in [4.69, 9.17) is 19.9 Å². The number of hydrogen-bond acceptors (Lipinski definition) is 8. The van der Waals surface area contributed by atoms with Crippen LogP contribution in [-0.4, -0.2) is 33.3 Å². The van der Waals surface area contributed by atoms with Crippen LogP contribution in [0.1, 0.15) is 11.5 Å². The van der Waals surface area contributed by atoms with Crippen LogP contribution in [0.5, 0.6) is 5.75 Å². The molecule has 0 aliphatic carbocycles. The van der Waals surface area contributed by atoms with Gasteiger partial charge in [0.15, 0.2) is 0 Å². The highest BCUT2D eigenvalue weighted by Crippen LogP contribution is 2.46. The number of nitrogens with zero attached hydrogens (tertiary/aromatic N) is 2. The maximum Gasteiger partial charge on any atom is 0.355 e. The number of allylic oxidation sites excluding steroid dienone is 1. The molecule has 0 aromatic heterocycles. The lowest BCUT2D eigenvalue weighted by atomic mass is 9.81. The van der Waals surface area contributed by atoms with Crippen molar-refractivity contribution in [2.45, 2.75) is 5.92 Å². The SMILES string of the molecule is COC(=O)C1=C(C(=O)OC)N(c2cc(F)c(Br)cc2OC)C(N)=C(C#N)C1c1ccccc1. The van der Waals surface area contributed by atoms with E-state index in [1.165, 1.54) is 13.2 Å². The molecular weight excluding hydrogens is 497 g/mol. The predicted octanol–water partition coefficient (Wildman–Crippen LogP) is 3.49. The van der Waals surface area contributed by atoms with E-state index >= 15 is 0 Å². The molecule has 0 spiro atoms. The van der Waals surface area contributed by atoms with Crippen molar-refractivity contribution in [1.82, 2.24) is 0 Å². The lowest BCUT2D eigenvalue weighted by molar-refractivity contribution is -0.139. The van der Waals surface area contributed by atoms with Crippen molar-refractivity contribution in [3.05, 3.63) is 81.0 Å². The molecule has 0 saturated heterocycles. The van der Waals surface area contributed by atoms with Crippen LogP contribution in [0, 0.1) is 17.1 Å². The smallest absolute Gasteiger partial charge is 0.355 e. The Morgan fingerprint density at radius 2 is 1.76 bits per heavy atom. The van der Waals surface area contributed by atoms with Crippen molar-refractivity contribution in [3.63, 3.8) is 0 Å². The van der Waals surface area contributed by atoms with Gasteiger partial charge in [0.25, 0.3) is 0 Å². The molecule has 0 fully saturated rings. The van der Waals surface area contributed by atoms with E-state index in [0.29, 0.717) is 5.56 Å². The fraction of sp³-hybridized carbons (Fsp3) is 0.174. The number of benzene rings is 2. The Kier molecular flexibility index (Phi) is 7.04. The molecule has 170 valence electrons. The van der Waals surface area contributed by atoms with Crippen molar-refractivity contribution >= 4 is 33.6 Å². The molecule has 8 nitrogen and oxygen atoms in total. The van der Waals surface area contributed by atoms with Gasteiger partial charge in [0.2, 0.25) is 0 Å². The number of rotatable bonds is 5. The molecule has 2 aromatic rings. The molecule has 33 heavy (non-hydrogen) atoms. The van der Waals surface area contributed by atoms with E-state index in [1.54, 1.807) is 30.3 Å². The topological polar surface area (TPSA) is 115 Å². The van der Waals surface area contributed by atoms with Crippen LogP contribution in [0.25, 0.3) is 0 Å². The van der Waals surface area contributed by atoms with Crippen LogP contribution in [0.2, 0.25) is 0 Å². The molecule has 1 heterocycles. The lowest BCUT2D eigenvalue weighted by Gasteiger charge is -2.36. The van der Waals surface area contributed by atoms with E-state index in [2.05, 4.69) is 15.9 Å². The number of ether oxygens (including phenoxy) is 3. The molecule has 2 aromatic carbocycles. The van der Waals surface area contributed by atoms with Gasteiger partial charge >= 0.3 is 11.9 Å². The summed E-state index contributed by atoms with van der Waals surface area (Å²) >= 11 is 3.08. The molecule has 3 rings (SSSR count). The van der Waals surface area contributed by atoms with Crippen molar-refractivity contribution < 1.29 is 28.2 Å². The van der Waals surface area contributed by atoms with Gasteiger partial charge in [-0.2, -0.15) is 5.26 Å². The van der Waals surface area contributed by atoms with Crippen LogP contribution in [0.3, 0.4) is 0 Å². The highest BCUT2D eigenvalue weighted by molar-refractivity contribution is 9.10. The summed E-state index contributed by atoms with van der Waals surface area (Å²) in [7, 11) is 3.61. The Morgan fingerprint density at radius 1 is 1.12 bits per heavy atom. The molecule has 1 atom stereocenters. The number of carbonyl (C=O) groups is 2. The van der Waals surface area contributed by atoms with Gasteiger partial charge in [-0.25, -0.2) is 14.0 Å². The van der Waals surface area contributed by atoms with Gasteiger partial charge in [-0.3, -0.25) is 4.90 Å². The maximum absolute atomic E-state index is 14.6. The lowest BCUT2D eigenvalue weighted by Crippen LogP contribution is -2.41. The van der Waals surface area contributed by atoms with Crippen molar-refractivity contribution in [2.24, 2.45) is 5.73 Å². The monoisotopic (exact) mass is 515 g/mol.